The molecule has 2 amide bonds. The molecule has 1 aromatic rings. The van der Waals surface area contributed by atoms with E-state index in [9.17, 15) is 9.59 Å². The zero-order valence-corrected chi connectivity index (χ0v) is 13.3. The molecule has 1 atom stereocenters. The third kappa shape index (κ3) is 4.31. The van der Waals surface area contributed by atoms with Gasteiger partial charge in [0.2, 0.25) is 11.8 Å². The van der Waals surface area contributed by atoms with Crippen LogP contribution in [0, 0.1) is 5.41 Å². The van der Waals surface area contributed by atoms with E-state index >= 15 is 0 Å². The van der Waals surface area contributed by atoms with Crippen LogP contribution in [-0.2, 0) is 16.0 Å². The molecule has 0 bridgehead atoms. The van der Waals surface area contributed by atoms with Gasteiger partial charge in [-0.15, -0.1) is 0 Å². The topological polar surface area (TPSA) is 75.4 Å². The first-order chi connectivity index (χ1) is 10.4. The minimum atomic E-state index is -0.132. The summed E-state index contributed by atoms with van der Waals surface area (Å²) in [6, 6.07) is 9.61. The highest BCUT2D eigenvalue weighted by Gasteiger charge is 2.35. The van der Waals surface area contributed by atoms with Gasteiger partial charge in [0.1, 0.15) is 0 Å². The lowest BCUT2D eigenvalue weighted by Gasteiger charge is -2.42. The zero-order valence-electron chi connectivity index (χ0n) is 13.3. The number of rotatable bonds is 4. The van der Waals surface area contributed by atoms with Crippen LogP contribution in [0.3, 0.4) is 0 Å². The van der Waals surface area contributed by atoms with Crippen molar-refractivity contribution in [1.29, 1.82) is 0 Å². The number of hydrogen-bond donors (Lipinski definition) is 2. The molecular weight excluding hydrogens is 278 g/mol. The fourth-order valence-corrected chi connectivity index (χ4v) is 2.72. The summed E-state index contributed by atoms with van der Waals surface area (Å²) in [5.74, 6) is -0.172. The Balaban J connectivity index is 1.79. The van der Waals surface area contributed by atoms with E-state index in [0.717, 1.165) is 12.0 Å². The first kappa shape index (κ1) is 16.5. The molecule has 3 N–H and O–H groups in total. The van der Waals surface area contributed by atoms with Gasteiger partial charge in [-0.3, -0.25) is 9.59 Å². The molecule has 1 aliphatic rings. The van der Waals surface area contributed by atoms with Crippen molar-refractivity contribution in [2.24, 2.45) is 11.1 Å². The Morgan fingerprint density at radius 2 is 2.00 bits per heavy atom. The molecule has 120 valence electrons. The maximum atomic E-state index is 12.2. The van der Waals surface area contributed by atoms with Crippen LogP contribution in [0.1, 0.15) is 25.8 Å². The molecule has 0 spiro atoms. The van der Waals surface area contributed by atoms with Crippen molar-refractivity contribution in [3.63, 3.8) is 0 Å². The Hall–Kier alpha value is -1.88. The number of nitrogens with two attached hydrogens (primary N) is 1. The molecule has 1 unspecified atom stereocenters. The fourth-order valence-electron chi connectivity index (χ4n) is 2.72. The van der Waals surface area contributed by atoms with E-state index in [0.29, 0.717) is 19.5 Å². The molecule has 0 saturated carbocycles. The van der Waals surface area contributed by atoms with Crippen molar-refractivity contribution in [3.05, 3.63) is 35.9 Å². The van der Waals surface area contributed by atoms with Gasteiger partial charge in [0.15, 0.2) is 0 Å². The van der Waals surface area contributed by atoms with E-state index in [2.05, 4.69) is 19.2 Å². The van der Waals surface area contributed by atoms with Crippen LogP contribution in [0.5, 0.6) is 0 Å². The summed E-state index contributed by atoms with van der Waals surface area (Å²) in [7, 11) is 0. The van der Waals surface area contributed by atoms with Gasteiger partial charge >= 0.3 is 0 Å². The molecule has 1 saturated heterocycles. The summed E-state index contributed by atoms with van der Waals surface area (Å²) in [5, 5.41) is 2.71. The van der Waals surface area contributed by atoms with E-state index in [1.807, 2.05) is 30.3 Å². The number of benzene rings is 1. The minimum Gasteiger partial charge on any atom is -0.347 e. The van der Waals surface area contributed by atoms with Crippen LogP contribution in [0.25, 0.3) is 0 Å². The van der Waals surface area contributed by atoms with Crippen molar-refractivity contribution in [2.75, 3.05) is 19.6 Å². The van der Waals surface area contributed by atoms with Gasteiger partial charge in [-0.05, 0) is 17.4 Å². The first-order valence-corrected chi connectivity index (χ1v) is 7.72. The van der Waals surface area contributed by atoms with Crippen LogP contribution in [0.2, 0.25) is 0 Å². The van der Waals surface area contributed by atoms with Crippen molar-refractivity contribution in [1.82, 2.24) is 10.2 Å². The third-order valence-electron chi connectivity index (χ3n) is 4.31. The van der Waals surface area contributed by atoms with E-state index < -0.39 is 0 Å². The summed E-state index contributed by atoms with van der Waals surface area (Å²) < 4.78 is 0. The second-order valence-electron chi connectivity index (χ2n) is 6.64. The lowest BCUT2D eigenvalue weighted by Crippen LogP contribution is -2.55. The number of carbonyl (C=O) groups excluding carboxylic acids is 2. The maximum Gasteiger partial charge on any atom is 0.241 e. The molecule has 1 aliphatic heterocycles. The standard InChI is InChI=1S/C17H25N3O2/c1-17(2)12-20(9-8-14(17)18)16(22)11-19-15(21)10-13-6-4-3-5-7-13/h3-7,14H,8-12,18H2,1-2H3,(H,19,21). The quantitative estimate of drug-likeness (QED) is 0.869. The Morgan fingerprint density at radius 3 is 2.64 bits per heavy atom. The summed E-state index contributed by atoms with van der Waals surface area (Å²) in [5.41, 5.74) is 6.94. The number of carbonyl (C=O) groups is 2. The number of likely N-dealkylation sites (tertiary alicyclic amines) is 1. The average Bonchev–Trinajstić information content (AvgIpc) is 2.48. The van der Waals surface area contributed by atoms with Crippen LogP contribution in [-0.4, -0.2) is 42.4 Å². The molecule has 0 aliphatic carbocycles. The second-order valence-corrected chi connectivity index (χ2v) is 6.64. The molecule has 0 radical (unpaired) electrons. The van der Waals surface area contributed by atoms with Crippen LogP contribution >= 0.6 is 0 Å². The van der Waals surface area contributed by atoms with Crippen molar-refractivity contribution < 1.29 is 9.59 Å². The van der Waals surface area contributed by atoms with Crippen LogP contribution < -0.4 is 11.1 Å². The lowest BCUT2D eigenvalue weighted by molar-refractivity contribution is -0.135. The summed E-state index contributed by atoms with van der Waals surface area (Å²) in [6.45, 7) is 5.51. The number of nitrogens with zero attached hydrogens (tertiary/aromatic N) is 1. The Kier molecular flexibility index (Phi) is 5.19. The minimum absolute atomic E-state index is 0.0404. The lowest BCUT2D eigenvalue weighted by atomic mass is 9.79. The van der Waals surface area contributed by atoms with E-state index in [1.54, 1.807) is 4.90 Å². The van der Waals surface area contributed by atoms with E-state index in [1.165, 1.54) is 0 Å². The van der Waals surface area contributed by atoms with E-state index in [4.69, 9.17) is 5.73 Å². The summed E-state index contributed by atoms with van der Waals surface area (Å²) >= 11 is 0. The van der Waals surface area contributed by atoms with Crippen molar-refractivity contribution in [2.45, 2.75) is 32.7 Å². The molecule has 0 aromatic heterocycles. The molecule has 22 heavy (non-hydrogen) atoms. The van der Waals surface area contributed by atoms with Gasteiger partial charge in [-0.25, -0.2) is 0 Å². The smallest absolute Gasteiger partial charge is 0.241 e. The predicted molar refractivity (Wildman–Crippen MR) is 86.1 cm³/mol. The second kappa shape index (κ2) is 6.92. The van der Waals surface area contributed by atoms with Crippen LogP contribution in [0.15, 0.2) is 30.3 Å². The highest BCUT2D eigenvalue weighted by atomic mass is 16.2. The molecule has 1 aromatic carbocycles. The van der Waals surface area contributed by atoms with Gasteiger partial charge in [-0.1, -0.05) is 44.2 Å². The van der Waals surface area contributed by atoms with Crippen molar-refractivity contribution >= 4 is 11.8 Å². The summed E-state index contributed by atoms with van der Waals surface area (Å²) in [4.78, 5) is 25.9. The number of hydrogen-bond acceptors (Lipinski definition) is 3. The fraction of sp³-hybridized carbons (Fsp3) is 0.529. The highest BCUT2D eigenvalue weighted by molar-refractivity contribution is 5.85. The summed E-state index contributed by atoms with van der Waals surface area (Å²) in [6.07, 6.45) is 1.10. The number of amides is 2. The zero-order chi connectivity index (χ0) is 16.2. The third-order valence-corrected chi connectivity index (χ3v) is 4.31. The van der Waals surface area contributed by atoms with Gasteiger partial charge in [0.25, 0.3) is 0 Å². The maximum absolute atomic E-state index is 12.2. The van der Waals surface area contributed by atoms with E-state index in [-0.39, 0.29) is 29.8 Å². The van der Waals surface area contributed by atoms with Gasteiger partial charge in [-0.2, -0.15) is 0 Å². The molecule has 1 fully saturated rings. The molecule has 1 heterocycles. The van der Waals surface area contributed by atoms with Crippen molar-refractivity contribution in [3.8, 4) is 0 Å². The van der Waals surface area contributed by atoms with Crippen LogP contribution in [0.4, 0.5) is 0 Å². The SMILES string of the molecule is CC1(C)CN(C(=O)CNC(=O)Cc2ccccc2)CCC1N. The Morgan fingerprint density at radius 1 is 1.32 bits per heavy atom. The largest absolute Gasteiger partial charge is 0.347 e. The number of nitrogens with one attached hydrogen (secondary N) is 1. The van der Waals surface area contributed by atoms with Gasteiger partial charge in [0, 0.05) is 19.1 Å². The normalized spacial score (nSPS) is 20.5. The molecule has 2 rings (SSSR count). The first-order valence-electron chi connectivity index (χ1n) is 7.72. The Bertz CT molecular complexity index is 528. The number of piperidine rings is 1. The molecule has 5 heteroatoms. The highest BCUT2D eigenvalue weighted by Crippen LogP contribution is 2.27. The van der Waals surface area contributed by atoms with Gasteiger partial charge < -0.3 is 16.0 Å². The van der Waals surface area contributed by atoms with Gasteiger partial charge in [0.05, 0.1) is 13.0 Å². The molecular formula is C17H25N3O2. The predicted octanol–water partition coefficient (Wildman–Crippen LogP) is 0.931. The Labute approximate surface area is 131 Å². The monoisotopic (exact) mass is 303 g/mol. The average molecular weight is 303 g/mol. The molecule has 5 nitrogen and oxygen atoms in total.